The fourth-order valence-electron chi connectivity index (χ4n) is 2.01. The average molecular weight is 279 g/mol. The highest BCUT2D eigenvalue weighted by molar-refractivity contribution is 5.64. The van der Waals surface area contributed by atoms with E-state index < -0.39 is 11.7 Å². The Balaban J connectivity index is 2.24. The zero-order valence-corrected chi connectivity index (χ0v) is 11.1. The van der Waals surface area contributed by atoms with E-state index in [1.54, 1.807) is 0 Å². The van der Waals surface area contributed by atoms with E-state index in [0.717, 1.165) is 35.2 Å². The SMILES string of the molecule is CC[C@H](N)c1ccc(-c2ccc(C(F)(F)F)cc2)cc1. The van der Waals surface area contributed by atoms with E-state index in [-0.39, 0.29) is 6.04 Å². The normalized spacial score (nSPS) is 13.2. The largest absolute Gasteiger partial charge is 0.416 e. The zero-order valence-electron chi connectivity index (χ0n) is 11.1. The van der Waals surface area contributed by atoms with Crippen LogP contribution in [0.25, 0.3) is 11.1 Å². The van der Waals surface area contributed by atoms with Gasteiger partial charge in [-0.1, -0.05) is 43.3 Å². The minimum atomic E-state index is -4.30. The number of hydrogen-bond acceptors (Lipinski definition) is 1. The van der Waals surface area contributed by atoms with Gasteiger partial charge in [-0.3, -0.25) is 0 Å². The van der Waals surface area contributed by atoms with Gasteiger partial charge in [0.05, 0.1) is 5.56 Å². The van der Waals surface area contributed by atoms with Gasteiger partial charge in [-0.25, -0.2) is 0 Å². The fourth-order valence-corrected chi connectivity index (χ4v) is 2.01. The van der Waals surface area contributed by atoms with Gasteiger partial charge in [0.2, 0.25) is 0 Å². The maximum Gasteiger partial charge on any atom is 0.416 e. The summed E-state index contributed by atoms with van der Waals surface area (Å²) >= 11 is 0. The van der Waals surface area contributed by atoms with Gasteiger partial charge in [0.15, 0.2) is 0 Å². The fraction of sp³-hybridized carbons (Fsp3) is 0.250. The minimum absolute atomic E-state index is 0.00310. The van der Waals surface area contributed by atoms with Crippen LogP contribution in [0.4, 0.5) is 13.2 Å². The van der Waals surface area contributed by atoms with E-state index in [0.29, 0.717) is 0 Å². The molecule has 0 aliphatic carbocycles. The van der Waals surface area contributed by atoms with Crippen molar-refractivity contribution in [2.24, 2.45) is 5.73 Å². The molecule has 0 radical (unpaired) electrons. The Hall–Kier alpha value is -1.81. The first-order valence-electron chi connectivity index (χ1n) is 6.45. The van der Waals surface area contributed by atoms with E-state index in [4.69, 9.17) is 5.73 Å². The summed E-state index contributed by atoms with van der Waals surface area (Å²) in [7, 11) is 0. The third-order valence-electron chi connectivity index (χ3n) is 3.32. The summed E-state index contributed by atoms with van der Waals surface area (Å²) in [4.78, 5) is 0. The lowest BCUT2D eigenvalue weighted by molar-refractivity contribution is -0.137. The van der Waals surface area contributed by atoms with E-state index >= 15 is 0 Å². The van der Waals surface area contributed by atoms with Crippen molar-refractivity contribution in [1.29, 1.82) is 0 Å². The maximum absolute atomic E-state index is 12.5. The Kier molecular flexibility index (Phi) is 4.14. The van der Waals surface area contributed by atoms with Crippen molar-refractivity contribution in [1.82, 2.24) is 0 Å². The van der Waals surface area contributed by atoms with E-state index in [1.807, 2.05) is 31.2 Å². The summed E-state index contributed by atoms with van der Waals surface area (Å²) in [5, 5.41) is 0. The molecular formula is C16H16F3N. The van der Waals surface area contributed by atoms with Crippen molar-refractivity contribution in [3.05, 3.63) is 59.7 Å². The van der Waals surface area contributed by atoms with Crippen LogP contribution in [-0.4, -0.2) is 0 Å². The number of hydrogen-bond donors (Lipinski definition) is 1. The van der Waals surface area contributed by atoms with Crippen molar-refractivity contribution in [3.8, 4) is 11.1 Å². The molecule has 4 heteroatoms. The second kappa shape index (κ2) is 5.67. The Bertz CT molecular complexity index is 556. The van der Waals surface area contributed by atoms with Crippen molar-refractivity contribution in [2.45, 2.75) is 25.6 Å². The molecule has 0 spiro atoms. The molecule has 0 saturated carbocycles. The summed E-state index contributed by atoms with van der Waals surface area (Å²) < 4.78 is 37.5. The number of rotatable bonds is 3. The Morgan fingerprint density at radius 2 is 1.35 bits per heavy atom. The molecule has 0 aliphatic rings. The van der Waals surface area contributed by atoms with Crippen LogP contribution >= 0.6 is 0 Å². The molecule has 2 rings (SSSR count). The maximum atomic E-state index is 12.5. The molecular weight excluding hydrogens is 263 g/mol. The molecule has 0 heterocycles. The summed E-state index contributed by atoms with van der Waals surface area (Å²) in [6.07, 6.45) is -3.45. The van der Waals surface area contributed by atoms with Crippen LogP contribution < -0.4 is 5.73 Å². The predicted octanol–water partition coefficient (Wildman–Crippen LogP) is 4.78. The molecule has 0 saturated heterocycles. The Labute approximate surface area is 116 Å². The Morgan fingerprint density at radius 1 is 0.900 bits per heavy atom. The molecule has 0 unspecified atom stereocenters. The van der Waals surface area contributed by atoms with E-state index in [9.17, 15) is 13.2 Å². The molecule has 0 fully saturated rings. The summed E-state index contributed by atoms with van der Waals surface area (Å²) in [5.41, 5.74) is 7.96. The molecule has 0 bridgehead atoms. The molecule has 1 nitrogen and oxygen atoms in total. The van der Waals surface area contributed by atoms with Gasteiger partial charge in [0.1, 0.15) is 0 Å². The molecule has 2 aromatic carbocycles. The molecule has 1 atom stereocenters. The van der Waals surface area contributed by atoms with Gasteiger partial charge in [-0.05, 0) is 35.2 Å². The second-order valence-corrected chi connectivity index (χ2v) is 4.71. The zero-order chi connectivity index (χ0) is 14.8. The molecule has 20 heavy (non-hydrogen) atoms. The van der Waals surface area contributed by atoms with Gasteiger partial charge in [0, 0.05) is 6.04 Å². The van der Waals surface area contributed by atoms with Crippen LogP contribution in [0.1, 0.15) is 30.5 Å². The standard InChI is InChI=1S/C16H16F3N/c1-2-15(20)13-5-3-11(4-6-13)12-7-9-14(10-8-12)16(17,18)19/h3-10,15H,2,20H2,1H3/t15-/m0/s1. The first-order chi connectivity index (χ1) is 9.41. The first-order valence-corrected chi connectivity index (χ1v) is 6.45. The summed E-state index contributed by atoms with van der Waals surface area (Å²) in [5.74, 6) is 0. The van der Waals surface area contributed by atoms with E-state index in [2.05, 4.69) is 0 Å². The first kappa shape index (κ1) is 14.6. The smallest absolute Gasteiger partial charge is 0.324 e. The van der Waals surface area contributed by atoms with Gasteiger partial charge in [-0.2, -0.15) is 13.2 Å². The van der Waals surface area contributed by atoms with Crippen LogP contribution in [0.2, 0.25) is 0 Å². The Morgan fingerprint density at radius 3 is 1.75 bits per heavy atom. The average Bonchev–Trinajstić information content (AvgIpc) is 2.46. The predicted molar refractivity (Wildman–Crippen MR) is 74.1 cm³/mol. The topological polar surface area (TPSA) is 26.0 Å². The molecule has 0 aliphatic heterocycles. The van der Waals surface area contributed by atoms with Gasteiger partial charge in [-0.15, -0.1) is 0 Å². The van der Waals surface area contributed by atoms with Crippen LogP contribution in [0, 0.1) is 0 Å². The second-order valence-electron chi connectivity index (χ2n) is 4.71. The lowest BCUT2D eigenvalue weighted by atomic mass is 9.99. The molecule has 0 aromatic heterocycles. The number of halogens is 3. The highest BCUT2D eigenvalue weighted by Crippen LogP contribution is 2.31. The van der Waals surface area contributed by atoms with Crippen LogP contribution in [0.15, 0.2) is 48.5 Å². The van der Waals surface area contributed by atoms with Crippen molar-refractivity contribution >= 4 is 0 Å². The number of benzene rings is 2. The van der Waals surface area contributed by atoms with Crippen molar-refractivity contribution < 1.29 is 13.2 Å². The van der Waals surface area contributed by atoms with Gasteiger partial charge >= 0.3 is 6.18 Å². The highest BCUT2D eigenvalue weighted by Gasteiger charge is 2.29. The summed E-state index contributed by atoms with van der Waals surface area (Å²) in [6, 6.07) is 12.8. The van der Waals surface area contributed by atoms with Crippen molar-refractivity contribution in [3.63, 3.8) is 0 Å². The number of alkyl halides is 3. The van der Waals surface area contributed by atoms with Crippen molar-refractivity contribution in [2.75, 3.05) is 0 Å². The third kappa shape index (κ3) is 3.20. The number of nitrogens with two attached hydrogens (primary N) is 1. The molecule has 106 valence electrons. The lowest BCUT2D eigenvalue weighted by Crippen LogP contribution is -2.08. The van der Waals surface area contributed by atoms with Crippen LogP contribution in [-0.2, 0) is 6.18 Å². The van der Waals surface area contributed by atoms with E-state index in [1.165, 1.54) is 12.1 Å². The molecule has 2 N–H and O–H groups in total. The lowest BCUT2D eigenvalue weighted by Gasteiger charge is -2.11. The summed E-state index contributed by atoms with van der Waals surface area (Å²) in [6.45, 7) is 2.01. The highest BCUT2D eigenvalue weighted by atomic mass is 19.4. The van der Waals surface area contributed by atoms with Gasteiger partial charge < -0.3 is 5.73 Å². The quantitative estimate of drug-likeness (QED) is 0.859. The minimum Gasteiger partial charge on any atom is -0.324 e. The van der Waals surface area contributed by atoms with Crippen LogP contribution in [0.5, 0.6) is 0 Å². The third-order valence-corrected chi connectivity index (χ3v) is 3.32. The monoisotopic (exact) mass is 279 g/mol. The van der Waals surface area contributed by atoms with Gasteiger partial charge in [0.25, 0.3) is 0 Å². The molecule has 2 aromatic rings. The molecule has 0 amide bonds. The van der Waals surface area contributed by atoms with Crippen LogP contribution in [0.3, 0.4) is 0 Å².